The zero-order valence-electron chi connectivity index (χ0n) is 13.3. The Morgan fingerprint density at radius 1 is 1.22 bits per heavy atom. The van der Waals surface area contributed by atoms with Crippen molar-refractivity contribution < 1.29 is 9.52 Å². The van der Waals surface area contributed by atoms with Gasteiger partial charge in [0.2, 0.25) is 10.8 Å². The van der Waals surface area contributed by atoms with E-state index in [0.717, 1.165) is 34.4 Å². The summed E-state index contributed by atoms with van der Waals surface area (Å²) in [6.07, 6.45) is 3.62. The van der Waals surface area contributed by atoms with Gasteiger partial charge in [-0.1, -0.05) is 17.8 Å². The maximum Gasteiger partial charge on any atom is 0.230 e. The molecule has 4 heterocycles. The lowest BCUT2D eigenvalue weighted by atomic mass is 10.1. The number of furan rings is 1. The second-order valence-electron chi connectivity index (χ2n) is 6.09. The minimum atomic E-state index is -0.0715. The van der Waals surface area contributed by atoms with E-state index in [1.165, 1.54) is 35.1 Å². The Kier molecular flexibility index (Phi) is 3.61. The number of likely N-dealkylation sites (tertiary alicyclic amines) is 1. The summed E-state index contributed by atoms with van der Waals surface area (Å²) >= 11 is 1.49. The first kappa shape index (κ1) is 14.7. The Labute approximate surface area is 138 Å². The van der Waals surface area contributed by atoms with Crippen LogP contribution in [0.2, 0.25) is 0 Å². The van der Waals surface area contributed by atoms with Crippen molar-refractivity contribution in [1.82, 2.24) is 19.5 Å². The van der Waals surface area contributed by atoms with Crippen LogP contribution in [0.5, 0.6) is 5.88 Å². The lowest BCUT2D eigenvalue weighted by Crippen LogP contribution is -2.33. The van der Waals surface area contributed by atoms with Gasteiger partial charge in [-0.25, -0.2) is 4.98 Å². The predicted molar refractivity (Wildman–Crippen MR) is 88.0 cm³/mol. The molecule has 3 aromatic heterocycles. The van der Waals surface area contributed by atoms with Crippen molar-refractivity contribution in [3.8, 4) is 5.88 Å². The monoisotopic (exact) mass is 332 g/mol. The van der Waals surface area contributed by atoms with Crippen molar-refractivity contribution in [3.63, 3.8) is 0 Å². The molecular weight excluding hydrogens is 312 g/mol. The summed E-state index contributed by atoms with van der Waals surface area (Å²) in [5, 5.41) is 15.0. The van der Waals surface area contributed by atoms with Gasteiger partial charge in [-0.2, -0.15) is 4.52 Å². The van der Waals surface area contributed by atoms with Crippen molar-refractivity contribution in [1.29, 1.82) is 0 Å². The molecule has 1 aliphatic heterocycles. The molecular formula is C16H20N4O2S. The first-order chi connectivity index (χ1) is 11.1. The number of hydrogen-bond acceptors (Lipinski definition) is 6. The van der Waals surface area contributed by atoms with Crippen LogP contribution >= 0.6 is 11.3 Å². The Morgan fingerprint density at radius 3 is 2.65 bits per heavy atom. The molecule has 1 atom stereocenters. The van der Waals surface area contributed by atoms with Gasteiger partial charge in [0.25, 0.3) is 0 Å². The SMILES string of the molecule is Cc1nc2sc([C@H](c3ccc(C)o3)N3CCCCC3)c(O)n2n1. The molecule has 122 valence electrons. The van der Waals surface area contributed by atoms with E-state index >= 15 is 0 Å². The maximum atomic E-state index is 10.7. The average Bonchev–Trinajstić information content (AvgIpc) is 3.19. The van der Waals surface area contributed by atoms with Gasteiger partial charge in [0.05, 0.1) is 4.88 Å². The maximum absolute atomic E-state index is 10.7. The number of thiazole rings is 1. The van der Waals surface area contributed by atoms with E-state index < -0.39 is 0 Å². The van der Waals surface area contributed by atoms with E-state index in [0.29, 0.717) is 5.82 Å². The van der Waals surface area contributed by atoms with Crippen molar-refractivity contribution in [3.05, 3.63) is 34.4 Å². The highest BCUT2D eigenvalue weighted by molar-refractivity contribution is 7.17. The summed E-state index contributed by atoms with van der Waals surface area (Å²) in [4.78, 5) is 8.35. The lowest BCUT2D eigenvalue weighted by Gasteiger charge is -2.32. The highest BCUT2D eigenvalue weighted by Crippen LogP contribution is 2.41. The molecule has 0 aliphatic carbocycles. The van der Waals surface area contributed by atoms with Gasteiger partial charge in [-0.3, -0.25) is 4.90 Å². The molecule has 1 fully saturated rings. The number of aromatic hydroxyl groups is 1. The summed E-state index contributed by atoms with van der Waals surface area (Å²) < 4.78 is 7.44. The number of rotatable bonds is 3. The van der Waals surface area contributed by atoms with Crippen LogP contribution in [0.3, 0.4) is 0 Å². The third-order valence-electron chi connectivity index (χ3n) is 4.34. The van der Waals surface area contributed by atoms with Crippen LogP contribution in [0.4, 0.5) is 0 Å². The molecule has 0 bridgehead atoms. The number of aromatic nitrogens is 3. The average molecular weight is 332 g/mol. The first-order valence-electron chi connectivity index (χ1n) is 7.99. The van der Waals surface area contributed by atoms with Crippen LogP contribution in [-0.4, -0.2) is 37.7 Å². The Bertz CT molecular complexity index is 828. The predicted octanol–water partition coefficient (Wildman–Crippen LogP) is 3.28. The fourth-order valence-corrected chi connectivity index (χ4v) is 4.42. The number of fused-ring (bicyclic) bond motifs is 1. The Morgan fingerprint density at radius 2 is 2.00 bits per heavy atom. The number of hydrogen-bond donors (Lipinski definition) is 1. The Balaban J connectivity index is 1.82. The van der Waals surface area contributed by atoms with Gasteiger partial charge >= 0.3 is 0 Å². The molecule has 23 heavy (non-hydrogen) atoms. The van der Waals surface area contributed by atoms with E-state index in [9.17, 15) is 5.11 Å². The fraction of sp³-hybridized carbons (Fsp3) is 0.500. The highest BCUT2D eigenvalue weighted by Gasteiger charge is 2.32. The molecule has 1 aliphatic rings. The highest BCUT2D eigenvalue weighted by atomic mass is 32.1. The third kappa shape index (κ3) is 2.53. The molecule has 4 rings (SSSR count). The van der Waals surface area contributed by atoms with E-state index in [2.05, 4.69) is 15.0 Å². The summed E-state index contributed by atoms with van der Waals surface area (Å²) in [6.45, 7) is 5.80. The van der Waals surface area contributed by atoms with Gasteiger partial charge in [0.1, 0.15) is 23.4 Å². The van der Waals surface area contributed by atoms with E-state index in [-0.39, 0.29) is 11.9 Å². The van der Waals surface area contributed by atoms with E-state index in [4.69, 9.17) is 4.42 Å². The molecule has 7 heteroatoms. The van der Waals surface area contributed by atoms with Crippen LogP contribution in [0.15, 0.2) is 16.5 Å². The van der Waals surface area contributed by atoms with Crippen molar-refractivity contribution >= 4 is 16.3 Å². The Hall–Kier alpha value is -1.86. The number of aryl methyl sites for hydroxylation is 2. The minimum Gasteiger partial charge on any atom is -0.492 e. The quantitative estimate of drug-likeness (QED) is 0.797. The molecule has 6 nitrogen and oxygen atoms in total. The zero-order chi connectivity index (χ0) is 16.0. The largest absolute Gasteiger partial charge is 0.492 e. The van der Waals surface area contributed by atoms with Crippen LogP contribution in [0.1, 0.15) is 47.5 Å². The van der Waals surface area contributed by atoms with Gasteiger partial charge in [-0.05, 0) is 51.9 Å². The van der Waals surface area contributed by atoms with Gasteiger partial charge < -0.3 is 9.52 Å². The smallest absolute Gasteiger partial charge is 0.230 e. The molecule has 0 unspecified atom stereocenters. The zero-order valence-corrected chi connectivity index (χ0v) is 14.1. The number of nitrogens with zero attached hydrogens (tertiary/aromatic N) is 4. The second-order valence-corrected chi connectivity index (χ2v) is 7.10. The van der Waals surface area contributed by atoms with Crippen LogP contribution in [0.25, 0.3) is 4.96 Å². The van der Waals surface area contributed by atoms with Gasteiger partial charge in [0, 0.05) is 0 Å². The molecule has 0 amide bonds. The van der Waals surface area contributed by atoms with Crippen molar-refractivity contribution in [2.75, 3.05) is 13.1 Å². The topological polar surface area (TPSA) is 66.8 Å². The van der Waals surface area contributed by atoms with Crippen molar-refractivity contribution in [2.24, 2.45) is 0 Å². The molecule has 1 N–H and O–H groups in total. The lowest BCUT2D eigenvalue weighted by molar-refractivity contribution is 0.168. The van der Waals surface area contributed by atoms with E-state index in [1.807, 2.05) is 26.0 Å². The van der Waals surface area contributed by atoms with Crippen LogP contribution in [-0.2, 0) is 0 Å². The normalized spacial score (nSPS) is 17.8. The summed E-state index contributed by atoms with van der Waals surface area (Å²) in [6, 6.07) is 3.91. The second kappa shape index (κ2) is 5.65. The number of piperidine rings is 1. The minimum absolute atomic E-state index is 0.0715. The van der Waals surface area contributed by atoms with Gasteiger partial charge in [0.15, 0.2) is 0 Å². The summed E-state index contributed by atoms with van der Waals surface area (Å²) in [5.41, 5.74) is 0. The summed E-state index contributed by atoms with van der Waals surface area (Å²) in [5.74, 6) is 2.61. The third-order valence-corrected chi connectivity index (χ3v) is 5.41. The summed E-state index contributed by atoms with van der Waals surface area (Å²) in [7, 11) is 0. The standard InChI is InChI=1S/C16H20N4O2S/c1-10-6-7-12(22-10)13(19-8-4-3-5-9-19)14-15(21)20-16(23-14)17-11(2)18-20/h6-7,13,21H,3-5,8-9H2,1-2H3/t13-/m0/s1. The molecule has 1 saturated heterocycles. The fourth-order valence-electron chi connectivity index (χ4n) is 3.28. The van der Waals surface area contributed by atoms with E-state index in [1.54, 1.807) is 0 Å². The molecule has 0 radical (unpaired) electrons. The van der Waals surface area contributed by atoms with Gasteiger partial charge in [-0.15, -0.1) is 5.10 Å². The molecule has 0 spiro atoms. The van der Waals surface area contributed by atoms with Crippen LogP contribution < -0.4 is 0 Å². The molecule has 0 saturated carbocycles. The first-order valence-corrected chi connectivity index (χ1v) is 8.80. The van der Waals surface area contributed by atoms with Crippen LogP contribution in [0, 0.1) is 13.8 Å². The molecule has 3 aromatic rings. The van der Waals surface area contributed by atoms with Crippen molar-refractivity contribution in [2.45, 2.75) is 39.2 Å². The molecule has 0 aromatic carbocycles.